The first-order chi connectivity index (χ1) is 62.0. The minimum absolute atomic E-state index is 0.436. The molecule has 6 aromatic heterocycles. The number of rotatable bonds is 9. The summed E-state index contributed by atoms with van der Waals surface area (Å²) in [6.07, 6.45) is 3.61. The van der Waals surface area contributed by atoms with E-state index >= 15 is 0 Å². The molecule has 0 saturated carbocycles. The van der Waals surface area contributed by atoms with Gasteiger partial charge in [-0.1, -0.05) is 357 Å². The number of para-hydroxylation sites is 5. The second kappa shape index (κ2) is 29.1. The summed E-state index contributed by atoms with van der Waals surface area (Å²) in [5.41, 5.74) is 35.5. The summed E-state index contributed by atoms with van der Waals surface area (Å²) in [6.45, 7) is 0. The molecule has 26 rings (SSSR count). The summed E-state index contributed by atoms with van der Waals surface area (Å²) in [6, 6.07) is 151. The maximum atomic E-state index is 5.41. The van der Waals surface area contributed by atoms with Crippen molar-refractivity contribution >= 4 is 77.9 Å². The van der Waals surface area contributed by atoms with Crippen molar-refractivity contribution in [3.63, 3.8) is 0 Å². The molecule has 0 radical (unpaired) electrons. The van der Waals surface area contributed by atoms with Gasteiger partial charge in [-0.05, 0) is 185 Å². The average molecular weight is 1630 g/mol. The summed E-state index contributed by atoms with van der Waals surface area (Å²) in [5.74, 6) is 0.930. The van der Waals surface area contributed by atoms with E-state index in [0.29, 0.717) is 0 Å². The lowest BCUT2D eigenvalue weighted by Crippen LogP contribution is -2.32. The first kappa shape index (κ1) is 72.3. The molecule has 2 aliphatic heterocycles. The monoisotopic (exact) mass is 1630 g/mol. The fourth-order valence-corrected chi connectivity index (χ4v) is 23.2. The summed E-state index contributed by atoms with van der Waals surface area (Å²) in [4.78, 5) is 35.3. The molecule has 582 valence electrons. The second-order valence-electron chi connectivity index (χ2n) is 32.5. The second-order valence-corrected chi connectivity index (χ2v) is 34.6. The molecule has 0 atom stereocenters. The molecule has 22 aromatic rings. The molecular formula is C116H71N7S2. The Kier molecular flexibility index (Phi) is 16.8. The number of imidazole rings is 1. The summed E-state index contributed by atoms with van der Waals surface area (Å²) in [5, 5.41) is 7.19. The molecule has 7 nitrogen and oxygen atoms in total. The van der Waals surface area contributed by atoms with Crippen LogP contribution in [0.2, 0.25) is 0 Å². The lowest BCUT2D eigenvalue weighted by atomic mass is 9.67. The molecular weight excluding hydrogens is 1560 g/mol. The Morgan fingerprint density at radius 2 is 0.576 bits per heavy atom. The highest BCUT2D eigenvalue weighted by molar-refractivity contribution is 8.00. The maximum Gasteiger partial charge on any atom is 0.145 e. The Morgan fingerprint density at radius 3 is 1.01 bits per heavy atom. The fourth-order valence-electron chi connectivity index (χ4n) is 20.5. The highest BCUT2D eigenvalue weighted by atomic mass is 32.2. The van der Waals surface area contributed by atoms with Crippen molar-refractivity contribution in [1.82, 2.24) is 34.5 Å². The Bertz CT molecular complexity index is 7990. The molecule has 0 saturated heterocycles. The van der Waals surface area contributed by atoms with E-state index in [-0.39, 0.29) is 0 Å². The van der Waals surface area contributed by atoms with E-state index in [2.05, 4.69) is 391 Å². The van der Waals surface area contributed by atoms with Crippen LogP contribution in [-0.4, -0.2) is 34.5 Å². The largest absolute Gasteiger partial charge is 0.292 e. The smallest absolute Gasteiger partial charge is 0.145 e. The van der Waals surface area contributed by atoms with Crippen LogP contribution in [0, 0.1) is 0 Å². The molecule has 0 bridgehead atoms. The molecule has 0 amide bonds. The van der Waals surface area contributed by atoms with Gasteiger partial charge >= 0.3 is 0 Å². The summed E-state index contributed by atoms with van der Waals surface area (Å²) >= 11 is 3.81. The van der Waals surface area contributed by atoms with Crippen molar-refractivity contribution in [1.29, 1.82) is 0 Å². The van der Waals surface area contributed by atoms with E-state index in [1.54, 1.807) is 12.4 Å². The van der Waals surface area contributed by atoms with E-state index in [0.717, 1.165) is 129 Å². The molecule has 125 heavy (non-hydrogen) atoms. The van der Waals surface area contributed by atoms with Crippen LogP contribution in [0.5, 0.6) is 0 Å². The number of hydrogen-bond donors (Lipinski definition) is 0. The maximum absolute atomic E-state index is 5.41. The Morgan fingerprint density at radius 1 is 0.224 bits per heavy atom. The van der Waals surface area contributed by atoms with E-state index in [4.69, 9.17) is 19.9 Å². The van der Waals surface area contributed by atoms with Crippen molar-refractivity contribution in [2.75, 3.05) is 0 Å². The topological polar surface area (TPSA) is 82.3 Å². The zero-order valence-electron chi connectivity index (χ0n) is 67.4. The van der Waals surface area contributed by atoms with E-state index in [1.165, 1.54) is 108 Å². The van der Waals surface area contributed by atoms with Crippen LogP contribution in [0.25, 0.3) is 172 Å². The van der Waals surface area contributed by atoms with Gasteiger partial charge in [-0.15, -0.1) is 0 Å². The van der Waals surface area contributed by atoms with Gasteiger partial charge < -0.3 is 0 Å². The van der Waals surface area contributed by atoms with Gasteiger partial charge in [-0.3, -0.25) is 14.5 Å². The molecule has 9 heteroatoms. The summed E-state index contributed by atoms with van der Waals surface area (Å²) < 4.78 is 2.25. The third-order valence-corrected chi connectivity index (χ3v) is 28.4. The van der Waals surface area contributed by atoms with Gasteiger partial charge in [0.2, 0.25) is 0 Å². The fraction of sp³-hybridized carbons (Fsp3) is 0.0172. The summed E-state index contributed by atoms with van der Waals surface area (Å²) in [7, 11) is 0. The molecule has 8 heterocycles. The zero-order chi connectivity index (χ0) is 82.3. The van der Waals surface area contributed by atoms with Gasteiger partial charge in [0.05, 0.1) is 67.1 Å². The number of pyridine rings is 5. The van der Waals surface area contributed by atoms with Gasteiger partial charge in [0, 0.05) is 86.7 Å². The van der Waals surface area contributed by atoms with Crippen molar-refractivity contribution < 1.29 is 0 Å². The molecule has 0 unspecified atom stereocenters. The SMILES string of the molecule is c1ccc(-c2cc(-c3ccc(-c4ccc(-c5nc6ccccc6c6c7c(ccc56)C5(c6ccccc6S7)c6ccccc6-c6ccccc65)cc4)cc3)cc(-c3ccccn3)n2)nc1.c1ccc(-n2c(-c3ccc(-c4ccc(-c5nc6ccccc6c6c7c(ccc56)C5(c6ccccc6S7)c6ccccc6-c6ccccc65)cc4)cc3)nc3ccccc32)cc1. The van der Waals surface area contributed by atoms with Crippen LogP contribution in [-0.2, 0) is 10.8 Å². The molecule has 16 aromatic carbocycles. The van der Waals surface area contributed by atoms with E-state index in [9.17, 15) is 0 Å². The highest BCUT2D eigenvalue weighted by Crippen LogP contribution is 2.66. The van der Waals surface area contributed by atoms with Crippen LogP contribution >= 0.6 is 23.5 Å². The number of benzene rings is 16. The minimum atomic E-state index is -0.444. The van der Waals surface area contributed by atoms with Gasteiger partial charge in [0.25, 0.3) is 0 Å². The third-order valence-electron chi connectivity index (χ3n) is 26.0. The third kappa shape index (κ3) is 11.3. The van der Waals surface area contributed by atoms with Gasteiger partial charge in [0.15, 0.2) is 0 Å². The van der Waals surface area contributed by atoms with E-state index in [1.807, 2.05) is 66.0 Å². The van der Waals surface area contributed by atoms with Gasteiger partial charge in [-0.25, -0.2) is 19.9 Å². The van der Waals surface area contributed by atoms with Gasteiger partial charge in [-0.2, -0.15) is 0 Å². The number of hydrogen-bond acceptors (Lipinski definition) is 8. The number of aromatic nitrogens is 7. The normalized spacial score (nSPS) is 13.2. The molecule has 0 fully saturated rings. The van der Waals surface area contributed by atoms with Crippen LogP contribution in [0.15, 0.2) is 451 Å². The first-order valence-corrected chi connectivity index (χ1v) is 44.1. The number of fused-ring (bicyclic) bond motifs is 27. The number of nitrogens with zero attached hydrogens (tertiary/aromatic N) is 7. The zero-order valence-corrected chi connectivity index (χ0v) is 69.1. The Labute approximate surface area is 730 Å². The predicted octanol–water partition coefficient (Wildman–Crippen LogP) is 29.3. The van der Waals surface area contributed by atoms with Crippen molar-refractivity contribution in [2.24, 2.45) is 0 Å². The minimum Gasteiger partial charge on any atom is -0.292 e. The van der Waals surface area contributed by atoms with Crippen LogP contribution in [0.4, 0.5) is 0 Å². The quantitative estimate of drug-likeness (QED) is 0.132. The van der Waals surface area contributed by atoms with Crippen LogP contribution < -0.4 is 0 Å². The predicted molar refractivity (Wildman–Crippen MR) is 513 cm³/mol. The van der Waals surface area contributed by atoms with Crippen molar-refractivity contribution in [2.45, 2.75) is 30.4 Å². The standard InChI is InChI=1S/C59H36N4S.C57H35N3S/c1-4-16-46-42(13-1)43-14-2-5-17-47(43)59(46)48-18-6-8-22-55(48)64-58-49(59)32-31-45-56(58)44-15-3-7-19-50(44)63-57(45)40-29-27-38(28-30-40)37-23-25-39(26-24-37)41-35-53(51-20-9-11-33-60-51)62-54(36-41)52-21-10-12-34-61-52;1-2-14-40(15-3-1)60-51-24-12-11-23-50(51)59-56(60)39-32-28-37(29-33-39)36-26-30-38(31-27-36)54-44-34-35-48-55(53(44)43-18-6-10-22-49(43)58-54)61-52-25-13-9-21-47(52)57(48)45-19-7-4-16-41(45)42-17-5-8-20-46(42)57/h1-36H;1-35H. The highest BCUT2D eigenvalue weighted by Gasteiger charge is 2.52. The van der Waals surface area contributed by atoms with Crippen molar-refractivity contribution in [3.8, 4) is 118 Å². The molecule has 4 aliphatic rings. The first-order valence-electron chi connectivity index (χ1n) is 42.4. The molecule has 2 aliphatic carbocycles. The lowest BCUT2D eigenvalue weighted by Gasteiger charge is -2.40. The van der Waals surface area contributed by atoms with Crippen LogP contribution in [0.3, 0.4) is 0 Å². The van der Waals surface area contributed by atoms with Gasteiger partial charge in [0.1, 0.15) is 5.82 Å². The van der Waals surface area contributed by atoms with Crippen LogP contribution in [0.1, 0.15) is 44.5 Å². The molecule has 0 N–H and O–H groups in total. The Balaban J connectivity index is 0.000000137. The van der Waals surface area contributed by atoms with E-state index < -0.39 is 10.8 Å². The molecule has 2 spiro atoms. The Hall–Kier alpha value is -15.5. The average Bonchev–Trinajstić information content (AvgIpc) is 1.57. The lowest BCUT2D eigenvalue weighted by molar-refractivity contribution is 0.726. The van der Waals surface area contributed by atoms with Crippen molar-refractivity contribution in [3.05, 3.63) is 475 Å².